The summed E-state index contributed by atoms with van der Waals surface area (Å²) >= 11 is 0. The third-order valence-electron chi connectivity index (χ3n) is 6.66. The Bertz CT molecular complexity index is 902. The molecule has 2 N–H and O–H groups in total. The summed E-state index contributed by atoms with van der Waals surface area (Å²) in [6, 6.07) is 7.29. The molecule has 0 aliphatic carbocycles. The number of unbranched alkanes of at least 4 members (excludes halogenated alkanes) is 12. The second kappa shape index (κ2) is 18.7. The molecule has 0 spiro atoms. The van der Waals surface area contributed by atoms with Crippen molar-refractivity contribution in [3.8, 4) is 0 Å². The first-order valence-electron chi connectivity index (χ1n) is 14.3. The molecule has 1 amide bonds. The van der Waals surface area contributed by atoms with Crippen molar-refractivity contribution in [3.63, 3.8) is 0 Å². The molecule has 5 nitrogen and oxygen atoms in total. The van der Waals surface area contributed by atoms with Crippen molar-refractivity contribution in [2.75, 3.05) is 6.61 Å². The highest BCUT2D eigenvalue weighted by molar-refractivity contribution is 5.86. The molecule has 1 aromatic carbocycles. The number of aromatic nitrogens is 1. The van der Waals surface area contributed by atoms with Gasteiger partial charge in [0, 0.05) is 30.4 Å². The quantitative estimate of drug-likeness (QED) is 0.112. The third-order valence-corrected chi connectivity index (χ3v) is 6.66. The SMILES string of the molecule is CCCCCCCCC=CCCCCCCCCOC(=O)[C@H](Cc1c[nH]c2ccccc12)NC(C)=O. The Balaban J connectivity index is 1.52. The van der Waals surface area contributed by atoms with E-state index in [-0.39, 0.29) is 11.9 Å². The van der Waals surface area contributed by atoms with E-state index < -0.39 is 6.04 Å². The predicted molar refractivity (Wildman–Crippen MR) is 150 cm³/mol. The first kappa shape index (κ1) is 29.7. The third kappa shape index (κ3) is 12.4. The molecular weight excluding hydrogens is 448 g/mol. The van der Waals surface area contributed by atoms with Gasteiger partial charge in [-0.2, -0.15) is 0 Å². The van der Waals surface area contributed by atoms with Gasteiger partial charge in [0.2, 0.25) is 5.91 Å². The lowest BCUT2D eigenvalue weighted by atomic mass is 10.0. The van der Waals surface area contributed by atoms with E-state index in [0.717, 1.165) is 29.3 Å². The predicted octanol–water partition coefficient (Wildman–Crippen LogP) is 7.80. The lowest BCUT2D eigenvalue weighted by Gasteiger charge is -2.16. The molecule has 0 fully saturated rings. The van der Waals surface area contributed by atoms with Crippen molar-refractivity contribution in [2.45, 2.75) is 116 Å². The van der Waals surface area contributed by atoms with Crippen molar-refractivity contribution < 1.29 is 14.3 Å². The molecule has 0 saturated carbocycles. The van der Waals surface area contributed by atoms with E-state index in [4.69, 9.17) is 4.74 Å². The monoisotopic (exact) mass is 496 g/mol. The van der Waals surface area contributed by atoms with Gasteiger partial charge in [0.15, 0.2) is 0 Å². The molecule has 0 aliphatic rings. The molecule has 0 bridgehead atoms. The molecule has 200 valence electrons. The number of rotatable bonds is 20. The molecule has 1 heterocycles. The van der Waals surface area contributed by atoms with Crippen molar-refractivity contribution in [1.29, 1.82) is 0 Å². The fourth-order valence-corrected chi connectivity index (χ4v) is 4.58. The minimum atomic E-state index is -0.671. The first-order valence-corrected chi connectivity index (χ1v) is 14.3. The van der Waals surface area contributed by atoms with Crippen LogP contribution >= 0.6 is 0 Å². The zero-order chi connectivity index (χ0) is 25.8. The van der Waals surface area contributed by atoms with Gasteiger partial charge in [0.25, 0.3) is 0 Å². The summed E-state index contributed by atoms with van der Waals surface area (Å²) in [4.78, 5) is 27.5. The number of fused-ring (bicyclic) bond motifs is 1. The van der Waals surface area contributed by atoms with Crippen molar-refractivity contribution >= 4 is 22.8 Å². The number of ether oxygens (including phenoxy) is 1. The number of hydrogen-bond acceptors (Lipinski definition) is 3. The Hall–Kier alpha value is -2.56. The van der Waals surface area contributed by atoms with Crippen molar-refractivity contribution in [2.24, 2.45) is 0 Å². The van der Waals surface area contributed by atoms with Crippen LogP contribution in [0, 0.1) is 0 Å². The number of carbonyl (C=O) groups is 2. The number of carbonyl (C=O) groups excluding carboxylic acids is 2. The van der Waals surface area contributed by atoms with Crippen molar-refractivity contribution in [1.82, 2.24) is 10.3 Å². The second-order valence-corrected chi connectivity index (χ2v) is 9.92. The van der Waals surface area contributed by atoms with Crippen LogP contribution in [-0.2, 0) is 20.7 Å². The van der Waals surface area contributed by atoms with Gasteiger partial charge in [-0.1, -0.05) is 95.1 Å². The zero-order valence-corrected chi connectivity index (χ0v) is 22.7. The Morgan fingerprint density at radius 3 is 2.17 bits per heavy atom. The Kier molecular flexibility index (Phi) is 15.4. The van der Waals surface area contributed by atoms with Crippen LogP contribution < -0.4 is 5.32 Å². The summed E-state index contributed by atoms with van der Waals surface area (Å²) in [5, 5.41) is 3.82. The molecule has 0 radical (unpaired) electrons. The van der Waals surface area contributed by atoms with Gasteiger partial charge in [-0.05, 0) is 43.7 Å². The summed E-state index contributed by atoms with van der Waals surface area (Å²) in [6.45, 7) is 4.10. The Morgan fingerprint density at radius 1 is 0.889 bits per heavy atom. The van der Waals surface area contributed by atoms with Gasteiger partial charge in [0.1, 0.15) is 6.04 Å². The first-order chi connectivity index (χ1) is 17.6. The molecule has 1 aromatic heterocycles. The van der Waals surface area contributed by atoms with Gasteiger partial charge < -0.3 is 15.0 Å². The van der Waals surface area contributed by atoms with E-state index in [9.17, 15) is 9.59 Å². The summed E-state index contributed by atoms with van der Waals surface area (Å²) in [5.74, 6) is -0.586. The number of esters is 1. The number of benzene rings is 1. The van der Waals surface area contributed by atoms with Gasteiger partial charge in [-0.25, -0.2) is 4.79 Å². The van der Waals surface area contributed by atoms with E-state index in [2.05, 4.69) is 29.4 Å². The summed E-state index contributed by atoms with van der Waals surface area (Å²) in [5.41, 5.74) is 2.02. The largest absolute Gasteiger partial charge is 0.464 e. The minimum absolute atomic E-state index is 0.228. The van der Waals surface area contributed by atoms with E-state index in [1.165, 1.54) is 84.0 Å². The average molecular weight is 497 g/mol. The Labute approximate surface area is 218 Å². The molecule has 0 aliphatic heterocycles. The number of allylic oxidation sites excluding steroid dienone is 2. The minimum Gasteiger partial charge on any atom is -0.464 e. The second-order valence-electron chi connectivity index (χ2n) is 9.92. The van der Waals surface area contributed by atoms with Crippen LogP contribution in [0.1, 0.15) is 109 Å². The van der Waals surface area contributed by atoms with Gasteiger partial charge >= 0.3 is 5.97 Å². The van der Waals surface area contributed by atoms with Gasteiger partial charge in [-0.15, -0.1) is 0 Å². The molecule has 0 unspecified atom stereocenters. The van der Waals surface area contributed by atoms with Crippen LogP contribution in [0.5, 0.6) is 0 Å². The van der Waals surface area contributed by atoms with Crippen LogP contribution in [0.15, 0.2) is 42.6 Å². The van der Waals surface area contributed by atoms with E-state index in [1.807, 2.05) is 30.5 Å². The van der Waals surface area contributed by atoms with E-state index in [0.29, 0.717) is 13.0 Å². The molecule has 5 heteroatoms. The maximum Gasteiger partial charge on any atom is 0.328 e. The maximum absolute atomic E-state index is 12.6. The molecule has 36 heavy (non-hydrogen) atoms. The average Bonchev–Trinajstić information content (AvgIpc) is 3.28. The number of amides is 1. The Morgan fingerprint density at radius 2 is 1.50 bits per heavy atom. The standard InChI is InChI=1S/C31H48N2O3/c1-3-4-5-6-7-8-9-10-11-12-13-14-15-16-17-20-23-36-31(35)30(33-26(2)34)24-27-25-32-29-22-19-18-21-28(27)29/h10-11,18-19,21-22,25,30,32H,3-9,12-17,20,23-24H2,1-2H3,(H,33,34)/t30-/m0/s1. The zero-order valence-electron chi connectivity index (χ0n) is 22.7. The van der Waals surface area contributed by atoms with Gasteiger partial charge in [0.05, 0.1) is 6.61 Å². The smallest absolute Gasteiger partial charge is 0.328 e. The molecule has 1 atom stereocenters. The molecular formula is C31H48N2O3. The van der Waals surface area contributed by atoms with Crippen LogP contribution in [0.4, 0.5) is 0 Å². The van der Waals surface area contributed by atoms with Crippen LogP contribution in [0.25, 0.3) is 10.9 Å². The highest BCUT2D eigenvalue weighted by Crippen LogP contribution is 2.19. The van der Waals surface area contributed by atoms with Crippen LogP contribution in [0.3, 0.4) is 0 Å². The fraction of sp³-hybridized carbons (Fsp3) is 0.613. The fourth-order valence-electron chi connectivity index (χ4n) is 4.58. The number of nitrogens with one attached hydrogen (secondary N) is 2. The van der Waals surface area contributed by atoms with E-state index in [1.54, 1.807) is 0 Å². The number of aromatic amines is 1. The van der Waals surface area contributed by atoms with Crippen molar-refractivity contribution in [3.05, 3.63) is 48.2 Å². The summed E-state index contributed by atoms with van der Waals surface area (Å²) < 4.78 is 5.51. The summed E-state index contributed by atoms with van der Waals surface area (Å²) in [7, 11) is 0. The lowest BCUT2D eigenvalue weighted by Crippen LogP contribution is -2.42. The lowest BCUT2D eigenvalue weighted by molar-refractivity contribution is -0.147. The van der Waals surface area contributed by atoms with Crippen LogP contribution in [0.2, 0.25) is 0 Å². The van der Waals surface area contributed by atoms with E-state index >= 15 is 0 Å². The van der Waals surface area contributed by atoms with Crippen LogP contribution in [-0.4, -0.2) is 29.5 Å². The molecule has 2 rings (SSSR count). The highest BCUT2D eigenvalue weighted by Gasteiger charge is 2.22. The number of para-hydroxylation sites is 1. The highest BCUT2D eigenvalue weighted by atomic mass is 16.5. The number of hydrogen-bond donors (Lipinski definition) is 2. The normalized spacial score (nSPS) is 12.3. The number of H-pyrrole nitrogens is 1. The maximum atomic E-state index is 12.6. The summed E-state index contributed by atoms with van der Waals surface area (Å²) in [6.07, 6.45) is 24.5. The van der Waals surface area contributed by atoms with Gasteiger partial charge in [-0.3, -0.25) is 4.79 Å². The molecule has 0 saturated heterocycles. The molecule has 2 aromatic rings. The topological polar surface area (TPSA) is 71.2 Å².